The molecule has 0 bridgehead atoms. The quantitative estimate of drug-likeness (QED) is 0.848. The zero-order valence-electron chi connectivity index (χ0n) is 14.9. The molecule has 0 N–H and O–H groups in total. The topological polar surface area (TPSA) is 40.6 Å². The molecule has 0 radical (unpaired) electrons. The van der Waals surface area contributed by atoms with Crippen LogP contribution in [0.1, 0.15) is 45.9 Å². The maximum Gasteiger partial charge on any atom is 0.259 e. The van der Waals surface area contributed by atoms with Crippen LogP contribution in [0, 0.1) is 6.92 Å². The third kappa shape index (κ3) is 2.71. The first-order valence-corrected chi connectivity index (χ1v) is 9.02. The summed E-state index contributed by atoms with van der Waals surface area (Å²) in [6, 6.07) is 15.8. The van der Waals surface area contributed by atoms with Gasteiger partial charge in [0.2, 0.25) is 5.91 Å². The number of hydrogen-bond donors (Lipinski definition) is 0. The molecule has 2 aromatic carbocycles. The van der Waals surface area contributed by atoms with E-state index >= 15 is 0 Å². The summed E-state index contributed by atoms with van der Waals surface area (Å²) in [4.78, 5) is 29.1. The van der Waals surface area contributed by atoms with Gasteiger partial charge in [-0.1, -0.05) is 54.6 Å². The molecule has 0 unspecified atom stereocenters. The summed E-state index contributed by atoms with van der Waals surface area (Å²) >= 11 is 0. The van der Waals surface area contributed by atoms with Crippen molar-refractivity contribution < 1.29 is 9.59 Å². The van der Waals surface area contributed by atoms with Gasteiger partial charge >= 0.3 is 0 Å². The number of carbonyl (C=O) groups is 2. The van der Waals surface area contributed by atoms with Gasteiger partial charge < -0.3 is 4.90 Å². The molecule has 1 saturated heterocycles. The molecule has 2 aromatic rings. The molecule has 4 rings (SSSR count). The highest BCUT2D eigenvalue weighted by Gasteiger charge is 2.36. The highest BCUT2D eigenvalue weighted by atomic mass is 16.2. The normalized spacial score (nSPS) is 19.2. The summed E-state index contributed by atoms with van der Waals surface area (Å²) in [5.74, 6) is -0.151. The van der Waals surface area contributed by atoms with E-state index in [1.54, 1.807) is 6.07 Å². The van der Waals surface area contributed by atoms with Crippen molar-refractivity contribution in [2.75, 3.05) is 13.1 Å². The van der Waals surface area contributed by atoms with Gasteiger partial charge in [-0.3, -0.25) is 14.5 Å². The first-order valence-electron chi connectivity index (χ1n) is 9.02. The predicted molar refractivity (Wildman–Crippen MR) is 101 cm³/mol. The predicted octanol–water partition coefficient (Wildman–Crippen LogP) is 3.79. The molecule has 0 spiro atoms. The average molecular weight is 346 g/mol. The Morgan fingerprint density at radius 3 is 2.65 bits per heavy atom. The number of amides is 2. The van der Waals surface area contributed by atoms with Crippen molar-refractivity contribution in [1.29, 1.82) is 0 Å². The van der Waals surface area contributed by atoms with Crippen LogP contribution < -0.4 is 0 Å². The van der Waals surface area contributed by atoms with E-state index in [0.29, 0.717) is 11.3 Å². The Morgan fingerprint density at radius 1 is 1.15 bits per heavy atom. The molecule has 2 aliphatic rings. The number of likely N-dealkylation sites (tertiary alicyclic amines) is 1. The number of nitrogens with zero attached hydrogens (tertiary/aromatic N) is 2. The first kappa shape index (κ1) is 16.6. The van der Waals surface area contributed by atoms with Crippen molar-refractivity contribution in [3.63, 3.8) is 0 Å². The lowest BCUT2D eigenvalue weighted by molar-refractivity contribution is -0.132. The smallest absolute Gasteiger partial charge is 0.259 e. The Kier molecular flexibility index (Phi) is 4.11. The SMILES string of the molecule is C=C1c2ccccc2C(=O)N1CC(=O)N1CCC[C@H]1c1cccc(C)c1. The summed E-state index contributed by atoms with van der Waals surface area (Å²) in [5.41, 5.74) is 4.43. The fourth-order valence-corrected chi connectivity index (χ4v) is 4.02. The van der Waals surface area contributed by atoms with Crippen LogP contribution in [0.2, 0.25) is 0 Å². The number of fused-ring (bicyclic) bond motifs is 1. The minimum Gasteiger partial charge on any atom is -0.334 e. The molecule has 2 heterocycles. The van der Waals surface area contributed by atoms with Gasteiger partial charge in [-0.15, -0.1) is 0 Å². The van der Waals surface area contributed by atoms with Crippen LogP contribution in [0.25, 0.3) is 5.70 Å². The van der Waals surface area contributed by atoms with Gasteiger partial charge in [0.1, 0.15) is 6.54 Å². The van der Waals surface area contributed by atoms with E-state index in [-0.39, 0.29) is 24.4 Å². The van der Waals surface area contributed by atoms with Crippen molar-refractivity contribution in [2.45, 2.75) is 25.8 Å². The van der Waals surface area contributed by atoms with Crippen LogP contribution in [0.3, 0.4) is 0 Å². The minimum absolute atomic E-state index is 0.0173. The van der Waals surface area contributed by atoms with Crippen molar-refractivity contribution in [3.8, 4) is 0 Å². The second kappa shape index (κ2) is 6.45. The Labute approximate surface area is 153 Å². The van der Waals surface area contributed by atoms with Gasteiger partial charge in [-0.2, -0.15) is 0 Å². The van der Waals surface area contributed by atoms with Crippen molar-refractivity contribution in [3.05, 3.63) is 77.4 Å². The molecule has 2 amide bonds. The number of rotatable bonds is 3. The van der Waals surface area contributed by atoms with Gasteiger partial charge in [0, 0.05) is 23.4 Å². The summed E-state index contributed by atoms with van der Waals surface area (Å²) in [7, 11) is 0. The molecule has 1 fully saturated rings. The molecule has 132 valence electrons. The minimum atomic E-state index is -0.134. The number of carbonyl (C=O) groups excluding carboxylic acids is 2. The summed E-state index contributed by atoms with van der Waals surface area (Å²) in [6.07, 6.45) is 1.95. The maximum absolute atomic E-state index is 13.0. The molecule has 26 heavy (non-hydrogen) atoms. The third-order valence-corrected chi connectivity index (χ3v) is 5.33. The van der Waals surface area contributed by atoms with Crippen LogP contribution in [0.5, 0.6) is 0 Å². The van der Waals surface area contributed by atoms with E-state index in [4.69, 9.17) is 0 Å². The Balaban J connectivity index is 1.53. The molecule has 0 saturated carbocycles. The van der Waals surface area contributed by atoms with E-state index < -0.39 is 0 Å². The summed E-state index contributed by atoms with van der Waals surface area (Å²) in [6.45, 7) is 6.88. The molecule has 1 atom stereocenters. The lowest BCUT2D eigenvalue weighted by Gasteiger charge is -2.28. The van der Waals surface area contributed by atoms with E-state index in [0.717, 1.165) is 24.9 Å². The van der Waals surface area contributed by atoms with Crippen molar-refractivity contribution in [2.24, 2.45) is 0 Å². The first-order chi connectivity index (χ1) is 12.6. The molecular formula is C22H22N2O2. The van der Waals surface area contributed by atoms with Gasteiger partial charge in [0.15, 0.2) is 0 Å². The Bertz CT molecular complexity index is 868. The summed E-state index contributed by atoms with van der Waals surface area (Å²) in [5, 5.41) is 0. The van der Waals surface area contributed by atoms with E-state index in [9.17, 15) is 9.59 Å². The summed E-state index contributed by atoms with van der Waals surface area (Å²) < 4.78 is 0. The molecule has 0 aliphatic carbocycles. The van der Waals surface area contributed by atoms with Crippen LogP contribution in [0.15, 0.2) is 55.1 Å². The van der Waals surface area contributed by atoms with Crippen LogP contribution in [-0.4, -0.2) is 34.7 Å². The number of hydrogen-bond acceptors (Lipinski definition) is 2. The van der Waals surface area contributed by atoms with Crippen molar-refractivity contribution in [1.82, 2.24) is 9.80 Å². The molecule has 0 aromatic heterocycles. The third-order valence-electron chi connectivity index (χ3n) is 5.33. The van der Waals surface area contributed by atoms with Gasteiger partial charge in [-0.05, 0) is 31.4 Å². The van der Waals surface area contributed by atoms with Gasteiger partial charge in [0.05, 0.1) is 6.04 Å². The van der Waals surface area contributed by atoms with Gasteiger partial charge in [-0.25, -0.2) is 0 Å². The standard InChI is InChI=1S/C22H22N2O2/c1-15-7-5-8-17(13-15)20-11-6-12-23(20)21(25)14-24-16(2)18-9-3-4-10-19(18)22(24)26/h3-5,7-10,13,20H,2,6,11-12,14H2,1H3/t20-/m0/s1. The van der Waals surface area contributed by atoms with E-state index in [2.05, 4.69) is 31.7 Å². The van der Waals surface area contributed by atoms with E-state index in [1.807, 2.05) is 29.2 Å². The fraction of sp³-hybridized carbons (Fsp3) is 0.273. The average Bonchev–Trinajstić information content (AvgIpc) is 3.22. The molecule has 2 aliphatic heterocycles. The second-order valence-electron chi connectivity index (χ2n) is 7.04. The number of benzene rings is 2. The monoisotopic (exact) mass is 346 g/mol. The fourth-order valence-electron chi connectivity index (χ4n) is 4.02. The largest absolute Gasteiger partial charge is 0.334 e. The van der Waals surface area contributed by atoms with Crippen LogP contribution in [0.4, 0.5) is 0 Å². The molecule has 4 nitrogen and oxygen atoms in total. The van der Waals surface area contributed by atoms with Crippen LogP contribution >= 0.6 is 0 Å². The maximum atomic E-state index is 13.0. The Morgan fingerprint density at radius 2 is 1.92 bits per heavy atom. The highest BCUT2D eigenvalue weighted by molar-refractivity contribution is 6.10. The Hall–Kier alpha value is -2.88. The second-order valence-corrected chi connectivity index (χ2v) is 7.04. The van der Waals surface area contributed by atoms with Crippen LogP contribution in [-0.2, 0) is 4.79 Å². The highest BCUT2D eigenvalue weighted by Crippen LogP contribution is 2.34. The van der Waals surface area contributed by atoms with E-state index in [1.165, 1.54) is 16.0 Å². The van der Waals surface area contributed by atoms with Crippen molar-refractivity contribution >= 4 is 17.5 Å². The molecule has 4 heteroatoms. The lowest BCUT2D eigenvalue weighted by atomic mass is 10.0. The number of aryl methyl sites for hydroxylation is 1. The lowest BCUT2D eigenvalue weighted by Crippen LogP contribution is -2.39. The molecular weight excluding hydrogens is 324 g/mol. The van der Waals surface area contributed by atoms with Gasteiger partial charge in [0.25, 0.3) is 5.91 Å². The zero-order valence-corrected chi connectivity index (χ0v) is 14.9. The zero-order chi connectivity index (χ0) is 18.3.